The van der Waals surface area contributed by atoms with E-state index in [4.69, 9.17) is 39.5 Å². The lowest BCUT2D eigenvalue weighted by molar-refractivity contribution is 0.326. The van der Waals surface area contributed by atoms with Crippen LogP contribution >= 0.6 is 34.8 Å². The molecule has 0 fully saturated rings. The molecule has 18 heavy (non-hydrogen) atoms. The van der Waals surface area contributed by atoms with Gasteiger partial charge in [0.1, 0.15) is 5.75 Å². The second kappa shape index (κ2) is 5.04. The Hall–Kier alpha value is -0.830. The standard InChI is InChI=1S/C13H11Cl3O2/c1-13(16)5-4-12(10(17)7-13)18-11-3-2-8(14)6-9(11)15/h2-4,6-7,17H,5H2,1H3/t13-/m0/s1. The van der Waals surface area contributed by atoms with Crippen LogP contribution < -0.4 is 4.74 Å². The summed E-state index contributed by atoms with van der Waals surface area (Å²) in [6, 6.07) is 4.89. The van der Waals surface area contributed by atoms with Gasteiger partial charge in [-0.2, -0.15) is 0 Å². The van der Waals surface area contributed by atoms with E-state index in [1.54, 1.807) is 30.4 Å². The molecular weight excluding hydrogens is 294 g/mol. The third-order valence-corrected chi connectivity index (χ3v) is 3.28. The Morgan fingerprint density at radius 2 is 2.06 bits per heavy atom. The number of hydrogen-bond donors (Lipinski definition) is 1. The monoisotopic (exact) mass is 304 g/mol. The lowest BCUT2D eigenvalue weighted by Gasteiger charge is -2.22. The van der Waals surface area contributed by atoms with Gasteiger partial charge in [-0.15, -0.1) is 11.6 Å². The second-order valence-corrected chi connectivity index (χ2v) is 5.96. The SMILES string of the molecule is C[C@@]1(Cl)C=C(O)C(Oc2ccc(Cl)cc2Cl)=CC1. The summed E-state index contributed by atoms with van der Waals surface area (Å²) in [5, 5.41) is 10.7. The third kappa shape index (κ3) is 3.14. The Morgan fingerprint density at radius 3 is 2.67 bits per heavy atom. The van der Waals surface area contributed by atoms with Crippen molar-refractivity contribution in [2.24, 2.45) is 0 Å². The van der Waals surface area contributed by atoms with Crippen molar-refractivity contribution in [3.05, 3.63) is 51.9 Å². The largest absolute Gasteiger partial charge is 0.504 e. The molecule has 1 aromatic carbocycles. The highest BCUT2D eigenvalue weighted by atomic mass is 35.5. The number of benzene rings is 1. The average molecular weight is 306 g/mol. The molecule has 96 valence electrons. The van der Waals surface area contributed by atoms with Crippen LogP contribution in [0.1, 0.15) is 13.3 Å². The van der Waals surface area contributed by atoms with E-state index < -0.39 is 4.87 Å². The number of aliphatic hydroxyl groups excluding tert-OH is 1. The summed E-state index contributed by atoms with van der Waals surface area (Å²) in [5.74, 6) is 0.785. The minimum atomic E-state index is -0.583. The van der Waals surface area contributed by atoms with Gasteiger partial charge in [-0.05, 0) is 43.7 Å². The first-order chi connectivity index (χ1) is 8.37. The van der Waals surface area contributed by atoms with Gasteiger partial charge in [0.25, 0.3) is 0 Å². The number of hydrogen-bond acceptors (Lipinski definition) is 2. The van der Waals surface area contributed by atoms with Gasteiger partial charge in [0.15, 0.2) is 11.5 Å². The van der Waals surface area contributed by atoms with E-state index in [0.29, 0.717) is 28.0 Å². The number of ether oxygens (including phenoxy) is 1. The Kier molecular flexibility index (Phi) is 3.81. The molecule has 1 aliphatic rings. The second-order valence-electron chi connectivity index (χ2n) is 4.26. The summed E-state index contributed by atoms with van der Waals surface area (Å²) >= 11 is 17.9. The molecule has 0 saturated heterocycles. The minimum Gasteiger partial charge on any atom is -0.504 e. The van der Waals surface area contributed by atoms with Crippen LogP contribution in [0.4, 0.5) is 0 Å². The number of rotatable bonds is 2. The summed E-state index contributed by atoms with van der Waals surface area (Å²) in [6.45, 7) is 1.81. The van der Waals surface area contributed by atoms with Gasteiger partial charge in [-0.1, -0.05) is 23.2 Å². The molecule has 0 bridgehead atoms. The quantitative estimate of drug-likeness (QED) is 0.770. The Balaban J connectivity index is 2.21. The normalized spacial score (nSPS) is 23.3. The molecule has 0 heterocycles. The van der Waals surface area contributed by atoms with Crippen LogP contribution in [0.15, 0.2) is 41.9 Å². The first-order valence-electron chi connectivity index (χ1n) is 5.31. The maximum Gasteiger partial charge on any atom is 0.164 e. The molecular formula is C13H11Cl3O2. The van der Waals surface area contributed by atoms with Crippen molar-refractivity contribution >= 4 is 34.8 Å². The molecule has 0 amide bonds. The molecule has 1 atom stereocenters. The first-order valence-corrected chi connectivity index (χ1v) is 6.45. The van der Waals surface area contributed by atoms with Gasteiger partial charge in [0.05, 0.1) is 9.90 Å². The first kappa shape index (κ1) is 13.6. The molecule has 2 nitrogen and oxygen atoms in total. The topological polar surface area (TPSA) is 29.5 Å². The third-order valence-electron chi connectivity index (χ3n) is 2.49. The molecule has 0 spiro atoms. The van der Waals surface area contributed by atoms with Gasteiger partial charge in [-0.3, -0.25) is 0 Å². The van der Waals surface area contributed by atoms with Crippen LogP contribution in [0.2, 0.25) is 10.0 Å². The number of allylic oxidation sites excluding steroid dienone is 2. The summed E-state index contributed by atoms with van der Waals surface area (Å²) in [6.07, 6.45) is 3.85. The van der Waals surface area contributed by atoms with Crippen LogP contribution in [-0.2, 0) is 0 Å². The lowest BCUT2D eigenvalue weighted by atomic mass is 10.0. The van der Waals surface area contributed by atoms with Gasteiger partial charge >= 0.3 is 0 Å². The smallest absolute Gasteiger partial charge is 0.164 e. The Labute approximate surface area is 120 Å². The summed E-state index contributed by atoms with van der Waals surface area (Å²) in [4.78, 5) is -0.583. The van der Waals surface area contributed by atoms with Crippen molar-refractivity contribution in [3.8, 4) is 5.75 Å². The van der Waals surface area contributed by atoms with Gasteiger partial charge in [-0.25, -0.2) is 0 Å². The van der Waals surface area contributed by atoms with Crippen molar-refractivity contribution in [3.63, 3.8) is 0 Å². The van der Waals surface area contributed by atoms with Crippen LogP contribution in [0.5, 0.6) is 5.75 Å². The minimum absolute atomic E-state index is 0.00441. The van der Waals surface area contributed by atoms with Crippen molar-refractivity contribution in [2.75, 3.05) is 0 Å². The molecule has 1 N–H and O–H groups in total. The summed E-state index contributed by atoms with van der Waals surface area (Å²) in [5.41, 5.74) is 0. The van der Waals surface area contributed by atoms with Crippen molar-refractivity contribution < 1.29 is 9.84 Å². The highest BCUT2D eigenvalue weighted by molar-refractivity contribution is 6.35. The maximum atomic E-state index is 9.83. The fourth-order valence-corrected chi connectivity index (χ4v) is 2.21. The van der Waals surface area contributed by atoms with Gasteiger partial charge < -0.3 is 9.84 Å². The van der Waals surface area contributed by atoms with Crippen LogP contribution in [0.25, 0.3) is 0 Å². The molecule has 1 aliphatic carbocycles. The summed E-state index contributed by atoms with van der Waals surface area (Å²) in [7, 11) is 0. The van der Waals surface area contributed by atoms with Crippen LogP contribution in [-0.4, -0.2) is 9.98 Å². The lowest BCUT2D eigenvalue weighted by Crippen LogP contribution is -2.18. The average Bonchev–Trinajstić information content (AvgIpc) is 2.24. The molecule has 0 aliphatic heterocycles. The predicted octanol–water partition coefficient (Wildman–Crippen LogP) is 5.10. The maximum absolute atomic E-state index is 9.83. The number of aliphatic hydroxyl groups is 1. The molecule has 1 aromatic rings. The van der Waals surface area contributed by atoms with E-state index in [2.05, 4.69) is 0 Å². The zero-order chi connectivity index (χ0) is 13.3. The highest BCUT2D eigenvalue weighted by Gasteiger charge is 2.25. The number of alkyl halides is 1. The zero-order valence-electron chi connectivity index (χ0n) is 9.58. The van der Waals surface area contributed by atoms with E-state index in [0.717, 1.165) is 0 Å². The molecule has 0 saturated carbocycles. The fraction of sp³-hybridized carbons (Fsp3) is 0.231. The molecule has 0 radical (unpaired) electrons. The van der Waals surface area contributed by atoms with E-state index in [9.17, 15) is 5.11 Å². The van der Waals surface area contributed by atoms with Gasteiger partial charge in [0, 0.05) is 5.02 Å². The molecule has 0 aromatic heterocycles. The van der Waals surface area contributed by atoms with E-state index >= 15 is 0 Å². The highest BCUT2D eigenvalue weighted by Crippen LogP contribution is 2.34. The van der Waals surface area contributed by atoms with Crippen molar-refractivity contribution in [2.45, 2.75) is 18.2 Å². The fourth-order valence-electron chi connectivity index (χ4n) is 1.58. The van der Waals surface area contributed by atoms with E-state index in [1.807, 2.05) is 6.92 Å². The Bertz CT molecular complexity index is 533. The van der Waals surface area contributed by atoms with Crippen molar-refractivity contribution in [1.29, 1.82) is 0 Å². The summed E-state index contributed by atoms with van der Waals surface area (Å²) < 4.78 is 5.54. The van der Waals surface area contributed by atoms with E-state index in [1.165, 1.54) is 0 Å². The van der Waals surface area contributed by atoms with Gasteiger partial charge in [0.2, 0.25) is 0 Å². The predicted molar refractivity (Wildman–Crippen MR) is 74.8 cm³/mol. The van der Waals surface area contributed by atoms with Crippen LogP contribution in [0.3, 0.4) is 0 Å². The van der Waals surface area contributed by atoms with Crippen molar-refractivity contribution in [1.82, 2.24) is 0 Å². The Morgan fingerprint density at radius 1 is 1.33 bits per heavy atom. The van der Waals surface area contributed by atoms with Crippen LogP contribution in [0, 0.1) is 0 Å². The number of halogens is 3. The molecule has 5 heteroatoms. The molecule has 0 unspecified atom stereocenters. The molecule has 2 rings (SSSR count). The van der Waals surface area contributed by atoms with E-state index in [-0.39, 0.29) is 5.76 Å². The zero-order valence-corrected chi connectivity index (χ0v) is 11.9.